The van der Waals surface area contributed by atoms with Crippen LogP contribution in [0.25, 0.3) is 11.0 Å². The van der Waals surface area contributed by atoms with Gasteiger partial charge in [0.05, 0.1) is 25.2 Å². The highest BCUT2D eigenvalue weighted by atomic mass is 16.5. The number of ketones is 1. The van der Waals surface area contributed by atoms with Gasteiger partial charge in [0.2, 0.25) is 0 Å². The van der Waals surface area contributed by atoms with Crippen molar-refractivity contribution in [2.24, 2.45) is 0 Å². The highest BCUT2D eigenvalue weighted by Crippen LogP contribution is 2.41. The molecule has 30 heavy (non-hydrogen) atoms. The lowest BCUT2D eigenvalue weighted by molar-refractivity contribution is 0.0374. The summed E-state index contributed by atoms with van der Waals surface area (Å²) in [5, 5.41) is 3.64. The molecule has 3 heterocycles. The lowest BCUT2D eigenvalue weighted by atomic mass is 9.87. The van der Waals surface area contributed by atoms with Crippen molar-refractivity contribution < 1.29 is 23.5 Å². The second-order valence-corrected chi connectivity index (χ2v) is 8.44. The highest BCUT2D eigenvalue weighted by molar-refractivity contribution is 6.13. The molecule has 0 aliphatic carbocycles. The van der Waals surface area contributed by atoms with Gasteiger partial charge in [0.1, 0.15) is 16.9 Å². The molecule has 2 aromatic rings. The molecule has 1 aromatic heterocycles. The van der Waals surface area contributed by atoms with Crippen LogP contribution in [0.3, 0.4) is 0 Å². The fourth-order valence-electron chi connectivity index (χ4n) is 4.24. The maximum Gasteiger partial charge on any atom is 0.287 e. The Bertz CT molecular complexity index is 960. The van der Waals surface area contributed by atoms with Crippen molar-refractivity contribution in [3.63, 3.8) is 0 Å². The molecule has 1 amide bonds. The van der Waals surface area contributed by atoms with E-state index >= 15 is 0 Å². The molecule has 162 valence electrons. The Balaban J connectivity index is 1.49. The molecule has 1 saturated heterocycles. The molecule has 2 aliphatic rings. The number of fused-ring (bicyclic) bond motifs is 3. The van der Waals surface area contributed by atoms with Crippen molar-refractivity contribution >= 4 is 22.7 Å². The van der Waals surface area contributed by atoms with Crippen molar-refractivity contribution in [2.75, 3.05) is 39.4 Å². The maximum absolute atomic E-state index is 12.9. The molecule has 1 N–H and O–H groups in total. The average Bonchev–Trinajstić information content (AvgIpc) is 3.08. The van der Waals surface area contributed by atoms with E-state index in [0.717, 1.165) is 45.7 Å². The number of amides is 1. The summed E-state index contributed by atoms with van der Waals surface area (Å²) in [7, 11) is 0. The number of carbonyl (C=O) groups is 2. The third kappa shape index (κ3) is 3.96. The van der Waals surface area contributed by atoms with Gasteiger partial charge < -0.3 is 19.2 Å². The number of hydrogen-bond donors (Lipinski definition) is 1. The van der Waals surface area contributed by atoms with E-state index < -0.39 is 5.60 Å². The molecular formula is C23H30N2O5. The molecule has 0 radical (unpaired) electrons. The zero-order chi connectivity index (χ0) is 21.3. The van der Waals surface area contributed by atoms with Gasteiger partial charge in [-0.1, -0.05) is 6.92 Å². The summed E-state index contributed by atoms with van der Waals surface area (Å²) in [6, 6.07) is 3.56. The fourth-order valence-corrected chi connectivity index (χ4v) is 4.24. The van der Waals surface area contributed by atoms with Crippen LogP contribution in [0.2, 0.25) is 0 Å². The number of Topliss-reactive ketones (excluding diaryl/α,β-unsaturated/α-hetero) is 1. The molecule has 4 rings (SSSR count). The van der Waals surface area contributed by atoms with Crippen molar-refractivity contribution in [1.29, 1.82) is 0 Å². The van der Waals surface area contributed by atoms with Crippen LogP contribution in [0.4, 0.5) is 0 Å². The Morgan fingerprint density at radius 1 is 1.27 bits per heavy atom. The number of morpholine rings is 1. The van der Waals surface area contributed by atoms with Gasteiger partial charge in [0, 0.05) is 30.6 Å². The van der Waals surface area contributed by atoms with E-state index in [-0.39, 0.29) is 17.5 Å². The van der Waals surface area contributed by atoms with E-state index in [2.05, 4.69) is 10.2 Å². The average molecular weight is 415 g/mol. The van der Waals surface area contributed by atoms with Crippen molar-refractivity contribution in [1.82, 2.24) is 10.2 Å². The monoisotopic (exact) mass is 414 g/mol. The van der Waals surface area contributed by atoms with Gasteiger partial charge in [-0.2, -0.15) is 0 Å². The van der Waals surface area contributed by atoms with Crippen LogP contribution in [0, 0.1) is 6.92 Å². The zero-order valence-corrected chi connectivity index (χ0v) is 18.0. The van der Waals surface area contributed by atoms with Crippen molar-refractivity contribution in [2.45, 2.75) is 45.6 Å². The Labute approximate surface area is 176 Å². The number of nitrogens with one attached hydrogen (secondary N) is 1. The van der Waals surface area contributed by atoms with E-state index in [0.29, 0.717) is 40.8 Å². The highest BCUT2D eigenvalue weighted by Gasteiger charge is 2.37. The molecule has 1 unspecified atom stereocenters. The number of ether oxygens (including phenoxy) is 2. The lowest BCUT2D eigenvalue weighted by Crippen LogP contribution is -2.38. The minimum atomic E-state index is -0.490. The van der Waals surface area contributed by atoms with E-state index in [1.807, 2.05) is 20.8 Å². The van der Waals surface area contributed by atoms with Gasteiger partial charge in [-0.3, -0.25) is 14.5 Å². The van der Waals surface area contributed by atoms with Gasteiger partial charge in [-0.15, -0.1) is 0 Å². The first-order valence-corrected chi connectivity index (χ1v) is 10.8. The lowest BCUT2D eigenvalue weighted by Gasteiger charge is -2.34. The van der Waals surface area contributed by atoms with Crippen LogP contribution in [0.15, 0.2) is 16.5 Å². The van der Waals surface area contributed by atoms with Crippen LogP contribution in [0.1, 0.15) is 59.6 Å². The Morgan fingerprint density at radius 2 is 2.03 bits per heavy atom. The normalized spacial score (nSPS) is 22.0. The summed E-state index contributed by atoms with van der Waals surface area (Å²) in [5.74, 6) is 0.625. The minimum Gasteiger partial charge on any atom is -0.486 e. The third-order valence-electron chi connectivity index (χ3n) is 6.22. The Morgan fingerprint density at radius 3 is 2.77 bits per heavy atom. The number of furan rings is 1. The molecular weight excluding hydrogens is 384 g/mol. The number of nitrogens with zero attached hydrogens (tertiary/aromatic N) is 1. The summed E-state index contributed by atoms with van der Waals surface area (Å²) in [5.41, 5.74) is 1.27. The molecule has 7 nitrogen and oxygen atoms in total. The zero-order valence-electron chi connectivity index (χ0n) is 18.0. The van der Waals surface area contributed by atoms with Crippen molar-refractivity contribution in [3.8, 4) is 5.75 Å². The van der Waals surface area contributed by atoms with Crippen LogP contribution < -0.4 is 10.1 Å². The van der Waals surface area contributed by atoms with Gasteiger partial charge >= 0.3 is 0 Å². The molecule has 0 spiro atoms. The van der Waals surface area contributed by atoms with E-state index in [9.17, 15) is 9.59 Å². The third-order valence-corrected chi connectivity index (χ3v) is 6.22. The number of rotatable bonds is 6. The van der Waals surface area contributed by atoms with Gasteiger partial charge in [0.15, 0.2) is 11.5 Å². The van der Waals surface area contributed by atoms with Gasteiger partial charge in [0.25, 0.3) is 5.91 Å². The molecule has 0 bridgehead atoms. The second-order valence-electron chi connectivity index (χ2n) is 8.44. The smallest absolute Gasteiger partial charge is 0.287 e. The first-order chi connectivity index (χ1) is 14.4. The molecule has 1 atom stereocenters. The Hall–Kier alpha value is -2.38. The van der Waals surface area contributed by atoms with Gasteiger partial charge in [-0.05, 0) is 45.4 Å². The number of benzene rings is 1. The molecule has 1 aromatic carbocycles. The summed E-state index contributed by atoms with van der Waals surface area (Å²) in [4.78, 5) is 28.0. The minimum absolute atomic E-state index is 0.0348. The summed E-state index contributed by atoms with van der Waals surface area (Å²) in [6.07, 6.45) is 1.93. The quantitative estimate of drug-likeness (QED) is 0.731. The number of carbonyl (C=O) groups excluding carboxylic acids is 2. The molecule has 7 heteroatoms. The number of aryl methyl sites for hydroxylation is 1. The largest absolute Gasteiger partial charge is 0.486 e. The number of hydrogen-bond acceptors (Lipinski definition) is 6. The topological polar surface area (TPSA) is 81.0 Å². The Kier molecular flexibility index (Phi) is 5.84. The maximum atomic E-state index is 12.9. The van der Waals surface area contributed by atoms with Crippen LogP contribution in [-0.4, -0.2) is 61.6 Å². The van der Waals surface area contributed by atoms with Crippen LogP contribution in [0.5, 0.6) is 5.75 Å². The summed E-state index contributed by atoms with van der Waals surface area (Å²) < 4.78 is 17.3. The van der Waals surface area contributed by atoms with E-state index in [1.165, 1.54) is 0 Å². The van der Waals surface area contributed by atoms with Crippen molar-refractivity contribution in [3.05, 3.63) is 29.0 Å². The molecule has 2 aliphatic heterocycles. The first-order valence-electron chi connectivity index (χ1n) is 10.8. The van der Waals surface area contributed by atoms with E-state index in [4.69, 9.17) is 13.9 Å². The summed E-state index contributed by atoms with van der Waals surface area (Å²) >= 11 is 0. The van der Waals surface area contributed by atoms with Crippen LogP contribution >= 0.6 is 0 Å². The predicted molar refractivity (Wildman–Crippen MR) is 113 cm³/mol. The predicted octanol–water partition coefficient (Wildman–Crippen LogP) is 3.33. The fraction of sp³-hybridized carbons (Fsp3) is 0.565. The van der Waals surface area contributed by atoms with Gasteiger partial charge in [-0.25, -0.2) is 0 Å². The first kappa shape index (κ1) is 20.9. The summed E-state index contributed by atoms with van der Waals surface area (Å²) in [6.45, 7) is 10.7. The van der Waals surface area contributed by atoms with E-state index in [1.54, 1.807) is 12.1 Å². The van der Waals surface area contributed by atoms with Crippen LogP contribution in [-0.2, 0) is 4.74 Å². The SMILES string of the molecule is CCC1(C)CC(=O)c2c(ccc3oc(C(=O)NCCCN4CCOCC4)c(C)c23)O1. The standard InChI is InChI=1S/C23H30N2O5/c1-4-23(3)14-16(26)20-18(30-23)7-6-17-19(20)15(2)21(29-17)22(27)24-8-5-9-25-10-12-28-13-11-25/h6-7H,4-5,8-14H2,1-3H3,(H,24,27). The molecule has 0 saturated carbocycles. The second kappa shape index (κ2) is 8.40. The molecule has 1 fully saturated rings.